The van der Waals surface area contributed by atoms with Crippen molar-refractivity contribution in [3.8, 4) is 5.75 Å². The maximum absolute atomic E-state index is 12.6. The van der Waals surface area contributed by atoms with Gasteiger partial charge in [-0.3, -0.25) is 9.59 Å². The van der Waals surface area contributed by atoms with E-state index in [9.17, 15) is 9.59 Å². The number of benzene rings is 3. The molecule has 28 heavy (non-hydrogen) atoms. The second kappa shape index (κ2) is 8.59. The van der Waals surface area contributed by atoms with E-state index in [1.807, 2.05) is 13.0 Å². The summed E-state index contributed by atoms with van der Waals surface area (Å²) in [7, 11) is 1.54. The normalized spacial score (nSPS) is 10.2. The molecule has 0 saturated heterocycles. The molecule has 0 aromatic heterocycles. The minimum absolute atomic E-state index is 0.237. The van der Waals surface area contributed by atoms with Gasteiger partial charge in [-0.2, -0.15) is 0 Å². The van der Waals surface area contributed by atoms with Crippen LogP contribution in [0.25, 0.3) is 0 Å². The zero-order valence-corrected chi connectivity index (χ0v) is 16.2. The summed E-state index contributed by atoms with van der Waals surface area (Å²) in [4.78, 5) is 25.0. The smallest absolute Gasteiger partial charge is 0.255 e. The molecule has 0 unspecified atom stereocenters. The van der Waals surface area contributed by atoms with Gasteiger partial charge in [0, 0.05) is 22.9 Å². The van der Waals surface area contributed by atoms with Crippen LogP contribution in [0.4, 0.5) is 11.4 Å². The van der Waals surface area contributed by atoms with Crippen molar-refractivity contribution in [2.24, 2.45) is 0 Å². The summed E-state index contributed by atoms with van der Waals surface area (Å²) in [6, 6.07) is 19.0. The van der Waals surface area contributed by atoms with Gasteiger partial charge in [0.1, 0.15) is 5.75 Å². The van der Waals surface area contributed by atoms with Gasteiger partial charge in [-0.1, -0.05) is 35.9 Å². The van der Waals surface area contributed by atoms with Gasteiger partial charge in [-0.25, -0.2) is 0 Å². The molecule has 0 radical (unpaired) electrons. The molecule has 0 aliphatic heterocycles. The number of anilines is 2. The molecule has 0 saturated carbocycles. The van der Waals surface area contributed by atoms with E-state index in [1.54, 1.807) is 67.8 Å². The molecule has 2 N–H and O–H groups in total. The summed E-state index contributed by atoms with van der Waals surface area (Å²) in [5.74, 6) is 0.0333. The highest BCUT2D eigenvalue weighted by Gasteiger charge is 2.13. The van der Waals surface area contributed by atoms with Gasteiger partial charge in [-0.05, 0) is 48.9 Å². The Labute approximate surface area is 168 Å². The number of rotatable bonds is 5. The predicted molar refractivity (Wildman–Crippen MR) is 112 cm³/mol. The number of hydrogen-bond acceptors (Lipinski definition) is 3. The molecule has 142 valence electrons. The van der Waals surface area contributed by atoms with Crippen LogP contribution >= 0.6 is 11.6 Å². The number of ether oxygens (including phenoxy) is 1. The summed E-state index contributed by atoms with van der Waals surface area (Å²) in [5.41, 5.74) is 2.84. The molecule has 6 heteroatoms. The fourth-order valence-electron chi connectivity index (χ4n) is 2.60. The zero-order chi connectivity index (χ0) is 20.1. The fraction of sp³-hybridized carbons (Fsp3) is 0.0909. The lowest BCUT2D eigenvalue weighted by atomic mass is 10.1. The number of hydrogen-bond donors (Lipinski definition) is 2. The molecule has 3 aromatic rings. The molecule has 0 heterocycles. The Kier molecular flexibility index (Phi) is 5.96. The molecule has 2 amide bonds. The van der Waals surface area contributed by atoms with E-state index in [4.69, 9.17) is 16.3 Å². The van der Waals surface area contributed by atoms with Crippen LogP contribution in [0.15, 0.2) is 66.7 Å². The zero-order valence-electron chi connectivity index (χ0n) is 15.5. The molecular formula is C22H19ClN2O3. The largest absolute Gasteiger partial charge is 0.497 e. The van der Waals surface area contributed by atoms with Crippen LogP contribution in [-0.2, 0) is 0 Å². The monoisotopic (exact) mass is 394 g/mol. The maximum Gasteiger partial charge on any atom is 0.255 e. The standard InChI is InChI=1S/C22H19ClN2O3/c1-14-8-9-16(12-20(14)25-21(26)15-6-4-3-5-7-15)22(27)24-19-11-10-17(28-2)13-18(19)23/h3-13H,1-2H3,(H,24,27)(H,25,26). The molecule has 0 atom stereocenters. The lowest BCUT2D eigenvalue weighted by molar-refractivity contribution is 0.101. The quantitative estimate of drug-likeness (QED) is 0.628. The first-order valence-corrected chi connectivity index (χ1v) is 8.97. The van der Waals surface area contributed by atoms with Crippen LogP contribution in [0.3, 0.4) is 0 Å². The van der Waals surface area contributed by atoms with Gasteiger partial charge in [0.15, 0.2) is 0 Å². The Bertz CT molecular complexity index is 1020. The fourth-order valence-corrected chi connectivity index (χ4v) is 2.82. The van der Waals surface area contributed by atoms with E-state index in [-0.39, 0.29) is 11.8 Å². The average Bonchev–Trinajstić information content (AvgIpc) is 2.71. The van der Waals surface area contributed by atoms with Crippen molar-refractivity contribution >= 4 is 34.8 Å². The lowest BCUT2D eigenvalue weighted by Crippen LogP contribution is -2.15. The highest BCUT2D eigenvalue weighted by Crippen LogP contribution is 2.27. The van der Waals surface area contributed by atoms with E-state index < -0.39 is 0 Å². The van der Waals surface area contributed by atoms with Crippen molar-refractivity contribution in [2.45, 2.75) is 6.92 Å². The number of carbonyl (C=O) groups is 2. The minimum Gasteiger partial charge on any atom is -0.497 e. The van der Waals surface area contributed by atoms with Crippen LogP contribution in [0.5, 0.6) is 5.75 Å². The summed E-state index contributed by atoms with van der Waals surface area (Å²) in [6.45, 7) is 1.86. The summed E-state index contributed by atoms with van der Waals surface area (Å²) < 4.78 is 5.10. The lowest BCUT2D eigenvalue weighted by Gasteiger charge is -2.12. The van der Waals surface area contributed by atoms with E-state index >= 15 is 0 Å². The maximum atomic E-state index is 12.6. The third-order valence-corrected chi connectivity index (χ3v) is 4.52. The van der Waals surface area contributed by atoms with Gasteiger partial charge in [0.25, 0.3) is 11.8 Å². The van der Waals surface area contributed by atoms with Crippen molar-refractivity contribution in [2.75, 3.05) is 17.7 Å². The molecule has 0 bridgehead atoms. The average molecular weight is 395 g/mol. The molecule has 0 aliphatic rings. The number of nitrogens with one attached hydrogen (secondary N) is 2. The van der Waals surface area contributed by atoms with E-state index in [2.05, 4.69) is 10.6 Å². The van der Waals surface area contributed by atoms with Gasteiger partial charge in [0.05, 0.1) is 17.8 Å². The molecule has 5 nitrogen and oxygen atoms in total. The SMILES string of the molecule is COc1ccc(NC(=O)c2ccc(C)c(NC(=O)c3ccccc3)c2)c(Cl)c1. The predicted octanol–water partition coefficient (Wildman–Crippen LogP) is 5.16. The first kappa shape index (κ1) is 19.5. The van der Waals surface area contributed by atoms with E-state index in [1.165, 1.54) is 0 Å². The molecule has 3 aromatic carbocycles. The Morgan fingerprint density at radius 1 is 0.821 bits per heavy atom. The molecule has 0 aliphatic carbocycles. The highest BCUT2D eigenvalue weighted by atomic mass is 35.5. The van der Waals surface area contributed by atoms with Gasteiger partial charge < -0.3 is 15.4 Å². The number of carbonyl (C=O) groups excluding carboxylic acids is 2. The summed E-state index contributed by atoms with van der Waals surface area (Å²) >= 11 is 6.18. The Hall–Kier alpha value is -3.31. The molecular weight excluding hydrogens is 376 g/mol. The van der Waals surface area contributed by atoms with Crippen LogP contribution in [0, 0.1) is 6.92 Å². The molecule has 0 fully saturated rings. The van der Waals surface area contributed by atoms with Crippen molar-refractivity contribution in [3.05, 3.63) is 88.4 Å². The van der Waals surface area contributed by atoms with E-state index in [0.717, 1.165) is 5.56 Å². The van der Waals surface area contributed by atoms with Crippen LogP contribution in [0.1, 0.15) is 26.3 Å². The number of methoxy groups -OCH3 is 1. The van der Waals surface area contributed by atoms with Crippen LogP contribution in [-0.4, -0.2) is 18.9 Å². The second-order valence-electron chi connectivity index (χ2n) is 6.15. The highest BCUT2D eigenvalue weighted by molar-refractivity contribution is 6.34. The molecule has 3 rings (SSSR count). The third kappa shape index (κ3) is 4.50. The first-order chi connectivity index (χ1) is 13.5. The summed E-state index contributed by atoms with van der Waals surface area (Å²) in [5, 5.41) is 5.99. The Morgan fingerprint density at radius 3 is 2.18 bits per heavy atom. The Balaban J connectivity index is 1.78. The number of aryl methyl sites for hydroxylation is 1. The Morgan fingerprint density at radius 2 is 1.50 bits per heavy atom. The van der Waals surface area contributed by atoms with E-state index in [0.29, 0.717) is 33.3 Å². The van der Waals surface area contributed by atoms with Crippen molar-refractivity contribution < 1.29 is 14.3 Å². The molecule has 0 spiro atoms. The van der Waals surface area contributed by atoms with Crippen molar-refractivity contribution in [3.63, 3.8) is 0 Å². The number of halogens is 1. The van der Waals surface area contributed by atoms with Crippen molar-refractivity contribution in [1.29, 1.82) is 0 Å². The summed E-state index contributed by atoms with van der Waals surface area (Å²) in [6.07, 6.45) is 0. The van der Waals surface area contributed by atoms with Gasteiger partial charge >= 0.3 is 0 Å². The first-order valence-electron chi connectivity index (χ1n) is 8.60. The van der Waals surface area contributed by atoms with Crippen molar-refractivity contribution in [1.82, 2.24) is 0 Å². The number of amides is 2. The van der Waals surface area contributed by atoms with Gasteiger partial charge in [0.2, 0.25) is 0 Å². The van der Waals surface area contributed by atoms with Crippen LogP contribution < -0.4 is 15.4 Å². The third-order valence-electron chi connectivity index (χ3n) is 4.21. The minimum atomic E-state index is -0.331. The second-order valence-corrected chi connectivity index (χ2v) is 6.56. The van der Waals surface area contributed by atoms with Crippen LogP contribution in [0.2, 0.25) is 5.02 Å². The topological polar surface area (TPSA) is 67.4 Å². The van der Waals surface area contributed by atoms with Gasteiger partial charge in [-0.15, -0.1) is 0 Å².